The fourth-order valence-electron chi connectivity index (χ4n) is 3.33. The maximum atomic E-state index is 12.9. The van der Waals surface area contributed by atoms with Gasteiger partial charge >= 0.3 is 0 Å². The molecule has 1 aromatic rings. The van der Waals surface area contributed by atoms with E-state index < -0.39 is 0 Å². The molecule has 1 saturated heterocycles. The van der Waals surface area contributed by atoms with Crippen molar-refractivity contribution in [2.24, 2.45) is 0 Å². The van der Waals surface area contributed by atoms with Gasteiger partial charge in [-0.1, -0.05) is 19.3 Å². The average Bonchev–Trinajstić information content (AvgIpc) is 2.42. The van der Waals surface area contributed by atoms with Crippen molar-refractivity contribution in [1.29, 1.82) is 0 Å². The van der Waals surface area contributed by atoms with Gasteiger partial charge in [0, 0.05) is 12.8 Å². The molecule has 1 spiro atoms. The van der Waals surface area contributed by atoms with Crippen LogP contribution in [0.15, 0.2) is 24.3 Å². The van der Waals surface area contributed by atoms with E-state index in [0.29, 0.717) is 0 Å². The highest BCUT2D eigenvalue weighted by Crippen LogP contribution is 2.39. The van der Waals surface area contributed by atoms with Crippen molar-refractivity contribution < 1.29 is 13.9 Å². The lowest BCUT2D eigenvalue weighted by Gasteiger charge is -2.43. The van der Waals surface area contributed by atoms with E-state index in [1.165, 1.54) is 31.4 Å². The molecule has 1 aliphatic carbocycles. The van der Waals surface area contributed by atoms with Gasteiger partial charge in [-0.05, 0) is 37.1 Å². The minimum Gasteiger partial charge on any atom is -0.490 e. The highest BCUT2D eigenvalue weighted by molar-refractivity contribution is 5.22. The number of rotatable bonds is 2. The molecular formula is C16H21FO2. The molecule has 2 aliphatic rings. The summed E-state index contributed by atoms with van der Waals surface area (Å²) in [6, 6.07) is 6.31. The first kappa shape index (κ1) is 12.9. The molecule has 3 heteroatoms. The van der Waals surface area contributed by atoms with Gasteiger partial charge in [0.15, 0.2) is 0 Å². The topological polar surface area (TPSA) is 18.5 Å². The van der Waals surface area contributed by atoms with Crippen molar-refractivity contribution in [2.75, 3.05) is 6.61 Å². The van der Waals surface area contributed by atoms with Gasteiger partial charge in [-0.2, -0.15) is 0 Å². The Bertz CT molecular complexity index is 404. The van der Waals surface area contributed by atoms with Crippen molar-refractivity contribution >= 4 is 0 Å². The van der Waals surface area contributed by atoms with Crippen LogP contribution >= 0.6 is 0 Å². The Morgan fingerprint density at radius 1 is 1.11 bits per heavy atom. The van der Waals surface area contributed by atoms with Crippen molar-refractivity contribution in [2.45, 2.75) is 56.7 Å². The quantitative estimate of drug-likeness (QED) is 0.801. The number of ether oxygens (including phenoxy) is 2. The van der Waals surface area contributed by atoms with E-state index in [9.17, 15) is 4.39 Å². The monoisotopic (exact) mass is 264 g/mol. The van der Waals surface area contributed by atoms with E-state index >= 15 is 0 Å². The molecule has 1 heterocycles. The number of hydrogen-bond acceptors (Lipinski definition) is 2. The summed E-state index contributed by atoms with van der Waals surface area (Å²) in [5, 5.41) is 0. The molecule has 0 bridgehead atoms. The second-order valence-electron chi connectivity index (χ2n) is 5.78. The van der Waals surface area contributed by atoms with Crippen LogP contribution in [0.3, 0.4) is 0 Å². The lowest BCUT2D eigenvalue weighted by molar-refractivity contribution is -0.129. The molecule has 0 amide bonds. The Morgan fingerprint density at radius 3 is 2.58 bits per heavy atom. The molecule has 0 radical (unpaired) electrons. The van der Waals surface area contributed by atoms with E-state index in [4.69, 9.17) is 9.47 Å². The molecule has 104 valence electrons. The second kappa shape index (κ2) is 5.49. The molecule has 1 unspecified atom stereocenters. The van der Waals surface area contributed by atoms with Gasteiger partial charge in [-0.15, -0.1) is 0 Å². The first-order valence-corrected chi connectivity index (χ1v) is 7.32. The van der Waals surface area contributed by atoms with Gasteiger partial charge in [-0.25, -0.2) is 4.39 Å². The van der Waals surface area contributed by atoms with Crippen LogP contribution in [-0.4, -0.2) is 18.3 Å². The fourth-order valence-corrected chi connectivity index (χ4v) is 3.33. The van der Waals surface area contributed by atoms with Crippen LogP contribution in [0.5, 0.6) is 5.75 Å². The third-order valence-electron chi connectivity index (χ3n) is 4.33. The maximum Gasteiger partial charge on any atom is 0.123 e. The number of benzene rings is 1. The van der Waals surface area contributed by atoms with Crippen molar-refractivity contribution in [3.05, 3.63) is 30.1 Å². The lowest BCUT2D eigenvalue weighted by atomic mass is 9.79. The maximum absolute atomic E-state index is 12.9. The minimum absolute atomic E-state index is 0.0567. The fraction of sp³-hybridized carbons (Fsp3) is 0.625. The van der Waals surface area contributed by atoms with Crippen LogP contribution in [0.2, 0.25) is 0 Å². The van der Waals surface area contributed by atoms with Gasteiger partial charge in [0.1, 0.15) is 17.7 Å². The van der Waals surface area contributed by atoms with Crippen LogP contribution < -0.4 is 4.74 Å². The highest BCUT2D eigenvalue weighted by Gasteiger charge is 2.39. The molecular weight excluding hydrogens is 243 g/mol. The van der Waals surface area contributed by atoms with Crippen LogP contribution in [-0.2, 0) is 4.74 Å². The largest absolute Gasteiger partial charge is 0.490 e. The number of hydrogen-bond donors (Lipinski definition) is 0. The van der Waals surface area contributed by atoms with Gasteiger partial charge in [0.2, 0.25) is 0 Å². The van der Waals surface area contributed by atoms with E-state index in [2.05, 4.69) is 0 Å². The van der Waals surface area contributed by atoms with E-state index in [1.54, 1.807) is 12.1 Å². The molecule has 19 heavy (non-hydrogen) atoms. The van der Waals surface area contributed by atoms with Crippen molar-refractivity contribution in [3.8, 4) is 5.75 Å². The standard InChI is InChI=1S/C16H21FO2/c17-13-4-6-14(7-5-13)19-15-8-11-18-16(12-15)9-2-1-3-10-16/h4-7,15H,1-3,8-12H2. The summed E-state index contributed by atoms with van der Waals surface area (Å²) < 4.78 is 24.9. The van der Waals surface area contributed by atoms with Gasteiger partial charge in [-0.3, -0.25) is 0 Å². The van der Waals surface area contributed by atoms with Gasteiger partial charge in [0.05, 0.1) is 12.2 Å². The Labute approximate surface area is 113 Å². The summed E-state index contributed by atoms with van der Waals surface area (Å²) >= 11 is 0. The molecule has 3 rings (SSSR count). The molecule has 1 saturated carbocycles. The molecule has 0 aromatic heterocycles. The van der Waals surface area contributed by atoms with Crippen LogP contribution in [0, 0.1) is 5.82 Å². The zero-order chi connectivity index (χ0) is 13.1. The minimum atomic E-state index is -0.219. The number of halogens is 1. The summed E-state index contributed by atoms with van der Waals surface area (Å²) in [5.41, 5.74) is 0.0567. The lowest BCUT2D eigenvalue weighted by Crippen LogP contribution is -2.45. The highest BCUT2D eigenvalue weighted by atomic mass is 19.1. The van der Waals surface area contributed by atoms with E-state index in [-0.39, 0.29) is 17.5 Å². The van der Waals surface area contributed by atoms with E-state index in [0.717, 1.165) is 38.0 Å². The average molecular weight is 264 g/mol. The van der Waals surface area contributed by atoms with Gasteiger partial charge < -0.3 is 9.47 Å². The van der Waals surface area contributed by atoms with Gasteiger partial charge in [0.25, 0.3) is 0 Å². The summed E-state index contributed by atoms with van der Waals surface area (Å²) in [6.07, 6.45) is 8.30. The summed E-state index contributed by atoms with van der Waals surface area (Å²) in [6.45, 7) is 0.784. The third-order valence-corrected chi connectivity index (χ3v) is 4.33. The molecule has 1 aliphatic heterocycles. The SMILES string of the molecule is Fc1ccc(OC2CCOC3(CCCCC3)C2)cc1. The Kier molecular flexibility index (Phi) is 3.74. The predicted molar refractivity (Wildman–Crippen MR) is 71.8 cm³/mol. The molecule has 0 N–H and O–H groups in total. The summed E-state index contributed by atoms with van der Waals surface area (Å²) in [5.74, 6) is 0.544. The Balaban J connectivity index is 1.63. The molecule has 2 fully saturated rings. The van der Waals surface area contributed by atoms with Crippen molar-refractivity contribution in [3.63, 3.8) is 0 Å². The first-order valence-electron chi connectivity index (χ1n) is 7.32. The predicted octanol–water partition coefficient (Wildman–Crippen LogP) is 4.09. The Morgan fingerprint density at radius 2 is 1.84 bits per heavy atom. The zero-order valence-electron chi connectivity index (χ0n) is 11.2. The molecule has 1 aromatic carbocycles. The van der Waals surface area contributed by atoms with Crippen LogP contribution in [0.25, 0.3) is 0 Å². The zero-order valence-corrected chi connectivity index (χ0v) is 11.2. The first-order chi connectivity index (χ1) is 9.26. The third kappa shape index (κ3) is 3.08. The summed E-state index contributed by atoms with van der Waals surface area (Å²) in [4.78, 5) is 0. The molecule has 1 atom stereocenters. The van der Waals surface area contributed by atoms with E-state index in [1.807, 2.05) is 0 Å². The normalized spacial score (nSPS) is 26.3. The second-order valence-corrected chi connectivity index (χ2v) is 5.78. The van der Waals surface area contributed by atoms with Crippen LogP contribution in [0.1, 0.15) is 44.9 Å². The summed E-state index contributed by atoms with van der Waals surface area (Å²) in [7, 11) is 0. The Hall–Kier alpha value is -1.09. The molecule has 2 nitrogen and oxygen atoms in total. The smallest absolute Gasteiger partial charge is 0.123 e. The van der Waals surface area contributed by atoms with Crippen LogP contribution in [0.4, 0.5) is 4.39 Å². The van der Waals surface area contributed by atoms with Crippen molar-refractivity contribution in [1.82, 2.24) is 0 Å².